The first-order valence-electron chi connectivity index (χ1n) is 7.13. The Morgan fingerprint density at radius 3 is 2.29 bits per heavy atom. The Labute approximate surface area is 105 Å². The summed E-state index contributed by atoms with van der Waals surface area (Å²) in [6.07, 6.45) is 14.2. The number of esters is 1. The first-order chi connectivity index (χ1) is 8.33. The molecule has 0 aliphatic carbocycles. The number of hydrogen-bond acceptors (Lipinski definition) is 2. The molecule has 1 aliphatic rings. The molecule has 2 heteroatoms. The average Bonchev–Trinajstić information content (AvgIpc) is 2.32. The van der Waals surface area contributed by atoms with E-state index in [1.165, 1.54) is 44.9 Å². The van der Waals surface area contributed by atoms with Crippen LogP contribution in [-0.2, 0) is 9.53 Å². The summed E-state index contributed by atoms with van der Waals surface area (Å²) in [5.74, 6) is -0.0175. The molecule has 1 aliphatic heterocycles. The Hall–Kier alpha value is -0.790. The molecule has 0 aromatic rings. The third kappa shape index (κ3) is 7.19. The van der Waals surface area contributed by atoms with Crippen molar-refractivity contribution in [3.05, 3.63) is 12.7 Å². The zero-order valence-corrected chi connectivity index (χ0v) is 11.0. The van der Waals surface area contributed by atoms with Crippen molar-refractivity contribution in [2.45, 2.75) is 76.7 Å². The van der Waals surface area contributed by atoms with Gasteiger partial charge in [0.2, 0.25) is 0 Å². The van der Waals surface area contributed by atoms with Gasteiger partial charge in [-0.2, -0.15) is 0 Å². The molecule has 0 spiro atoms. The topological polar surface area (TPSA) is 26.3 Å². The van der Waals surface area contributed by atoms with Gasteiger partial charge in [0.1, 0.15) is 6.10 Å². The van der Waals surface area contributed by atoms with Crippen molar-refractivity contribution in [2.75, 3.05) is 0 Å². The molecule has 17 heavy (non-hydrogen) atoms. The van der Waals surface area contributed by atoms with Gasteiger partial charge < -0.3 is 4.74 Å². The zero-order chi connectivity index (χ0) is 12.3. The first kappa shape index (κ1) is 14.3. The molecular weight excluding hydrogens is 212 g/mol. The van der Waals surface area contributed by atoms with Gasteiger partial charge in [-0.1, -0.05) is 44.6 Å². The standard InChI is InChI=1S/C15H26O2/c1-2-11-14-12-9-7-5-3-4-6-8-10-13-15(16)17-14/h2,14H,1,3-13H2. The molecule has 0 aromatic heterocycles. The highest BCUT2D eigenvalue weighted by molar-refractivity contribution is 5.69. The largest absolute Gasteiger partial charge is 0.462 e. The van der Waals surface area contributed by atoms with Crippen LogP contribution >= 0.6 is 0 Å². The molecule has 1 saturated heterocycles. The van der Waals surface area contributed by atoms with Crippen LogP contribution in [-0.4, -0.2) is 12.1 Å². The predicted octanol–water partition coefficient (Wildman–Crippen LogP) is 4.39. The normalized spacial score (nSPS) is 24.9. The fourth-order valence-electron chi connectivity index (χ4n) is 2.36. The zero-order valence-electron chi connectivity index (χ0n) is 11.0. The summed E-state index contributed by atoms with van der Waals surface area (Å²) in [5, 5.41) is 0. The summed E-state index contributed by atoms with van der Waals surface area (Å²) in [5.41, 5.74) is 0. The summed E-state index contributed by atoms with van der Waals surface area (Å²) in [7, 11) is 0. The van der Waals surface area contributed by atoms with E-state index in [1.807, 2.05) is 6.08 Å². The molecule has 1 fully saturated rings. The van der Waals surface area contributed by atoms with E-state index < -0.39 is 0 Å². The molecule has 1 unspecified atom stereocenters. The average molecular weight is 238 g/mol. The molecule has 0 radical (unpaired) electrons. The fourth-order valence-corrected chi connectivity index (χ4v) is 2.36. The minimum atomic E-state index is -0.0175. The van der Waals surface area contributed by atoms with E-state index >= 15 is 0 Å². The van der Waals surface area contributed by atoms with Crippen LogP contribution in [0.5, 0.6) is 0 Å². The van der Waals surface area contributed by atoms with Crippen molar-refractivity contribution >= 4 is 5.97 Å². The summed E-state index contributed by atoms with van der Waals surface area (Å²) in [4.78, 5) is 11.6. The maximum Gasteiger partial charge on any atom is 0.306 e. The summed E-state index contributed by atoms with van der Waals surface area (Å²) >= 11 is 0. The quantitative estimate of drug-likeness (QED) is 0.527. The van der Waals surface area contributed by atoms with Gasteiger partial charge in [-0.25, -0.2) is 0 Å². The van der Waals surface area contributed by atoms with Crippen molar-refractivity contribution in [2.24, 2.45) is 0 Å². The molecule has 0 N–H and O–H groups in total. The number of ether oxygens (including phenoxy) is 1. The molecule has 0 aromatic carbocycles. The second-order valence-corrected chi connectivity index (χ2v) is 5.00. The molecule has 1 rings (SSSR count). The third-order valence-electron chi connectivity index (χ3n) is 3.38. The molecule has 2 nitrogen and oxygen atoms in total. The number of rotatable bonds is 2. The van der Waals surface area contributed by atoms with Gasteiger partial charge in [-0.15, -0.1) is 6.58 Å². The maximum atomic E-state index is 11.6. The predicted molar refractivity (Wildman–Crippen MR) is 70.9 cm³/mol. The van der Waals surface area contributed by atoms with Gasteiger partial charge in [0, 0.05) is 12.8 Å². The van der Waals surface area contributed by atoms with Gasteiger partial charge in [0.05, 0.1) is 0 Å². The Kier molecular flexibility index (Phi) is 7.78. The molecule has 0 amide bonds. The van der Waals surface area contributed by atoms with Gasteiger partial charge in [-0.05, 0) is 19.3 Å². The van der Waals surface area contributed by atoms with Crippen LogP contribution in [0.3, 0.4) is 0 Å². The Morgan fingerprint density at radius 2 is 1.65 bits per heavy atom. The lowest BCUT2D eigenvalue weighted by Crippen LogP contribution is -2.17. The molecule has 1 heterocycles. The van der Waals surface area contributed by atoms with Crippen molar-refractivity contribution in [3.8, 4) is 0 Å². The summed E-state index contributed by atoms with van der Waals surface area (Å²) < 4.78 is 5.49. The van der Waals surface area contributed by atoms with Gasteiger partial charge in [-0.3, -0.25) is 4.79 Å². The van der Waals surface area contributed by atoms with Crippen LogP contribution in [0, 0.1) is 0 Å². The van der Waals surface area contributed by atoms with E-state index in [0.29, 0.717) is 6.42 Å². The highest BCUT2D eigenvalue weighted by Gasteiger charge is 2.13. The SMILES string of the molecule is C=CCC1CCCCCCCCCCC(=O)O1. The van der Waals surface area contributed by atoms with Crippen LogP contribution in [0.1, 0.15) is 70.6 Å². The minimum absolute atomic E-state index is 0.0175. The number of hydrogen-bond donors (Lipinski definition) is 0. The van der Waals surface area contributed by atoms with Crippen LogP contribution in [0.15, 0.2) is 12.7 Å². The summed E-state index contributed by atoms with van der Waals surface area (Å²) in [6, 6.07) is 0. The van der Waals surface area contributed by atoms with Gasteiger partial charge >= 0.3 is 5.97 Å². The molecule has 0 saturated carbocycles. The van der Waals surface area contributed by atoms with Gasteiger partial charge in [0.15, 0.2) is 0 Å². The first-order valence-corrected chi connectivity index (χ1v) is 7.13. The van der Waals surface area contributed by atoms with Gasteiger partial charge in [0.25, 0.3) is 0 Å². The van der Waals surface area contributed by atoms with E-state index in [4.69, 9.17) is 4.74 Å². The Balaban J connectivity index is 2.37. The van der Waals surface area contributed by atoms with Crippen LogP contribution in [0.25, 0.3) is 0 Å². The van der Waals surface area contributed by atoms with E-state index in [0.717, 1.165) is 19.3 Å². The lowest BCUT2D eigenvalue weighted by Gasteiger charge is -2.16. The Morgan fingerprint density at radius 1 is 1.06 bits per heavy atom. The second kappa shape index (κ2) is 9.26. The minimum Gasteiger partial charge on any atom is -0.462 e. The van der Waals surface area contributed by atoms with E-state index in [1.54, 1.807) is 0 Å². The highest BCUT2D eigenvalue weighted by atomic mass is 16.5. The molecule has 98 valence electrons. The van der Waals surface area contributed by atoms with Crippen LogP contribution in [0.2, 0.25) is 0 Å². The fraction of sp³-hybridized carbons (Fsp3) is 0.800. The van der Waals surface area contributed by atoms with Crippen molar-refractivity contribution in [3.63, 3.8) is 0 Å². The lowest BCUT2D eigenvalue weighted by atomic mass is 10.0. The third-order valence-corrected chi connectivity index (χ3v) is 3.38. The van der Waals surface area contributed by atoms with E-state index in [-0.39, 0.29) is 12.1 Å². The Bertz CT molecular complexity index is 223. The van der Waals surface area contributed by atoms with Crippen molar-refractivity contribution in [1.29, 1.82) is 0 Å². The number of carbonyl (C=O) groups is 1. The maximum absolute atomic E-state index is 11.6. The van der Waals surface area contributed by atoms with E-state index in [2.05, 4.69) is 6.58 Å². The number of carbonyl (C=O) groups excluding carboxylic acids is 1. The smallest absolute Gasteiger partial charge is 0.306 e. The second-order valence-electron chi connectivity index (χ2n) is 5.00. The molecule has 0 bridgehead atoms. The summed E-state index contributed by atoms with van der Waals surface area (Å²) in [6.45, 7) is 3.73. The van der Waals surface area contributed by atoms with E-state index in [9.17, 15) is 4.79 Å². The molecular formula is C15H26O2. The lowest BCUT2D eigenvalue weighted by molar-refractivity contribution is -0.149. The highest BCUT2D eigenvalue weighted by Crippen LogP contribution is 2.16. The van der Waals surface area contributed by atoms with Crippen molar-refractivity contribution < 1.29 is 9.53 Å². The molecule has 1 atom stereocenters. The monoisotopic (exact) mass is 238 g/mol. The number of cyclic esters (lactones) is 1. The van der Waals surface area contributed by atoms with Crippen molar-refractivity contribution in [1.82, 2.24) is 0 Å². The van der Waals surface area contributed by atoms with Crippen LogP contribution in [0.4, 0.5) is 0 Å². The van der Waals surface area contributed by atoms with Crippen LogP contribution < -0.4 is 0 Å².